The molecule has 1 aromatic carbocycles. The van der Waals surface area contributed by atoms with Crippen LogP contribution in [0.3, 0.4) is 0 Å². The molecule has 8 nitrogen and oxygen atoms in total. The van der Waals surface area contributed by atoms with Crippen molar-refractivity contribution in [2.45, 2.75) is 104 Å². The number of carbonyl (C=O) groups is 3. The summed E-state index contributed by atoms with van der Waals surface area (Å²) in [6, 6.07) is 7.33. The van der Waals surface area contributed by atoms with E-state index in [0.29, 0.717) is 5.56 Å². The van der Waals surface area contributed by atoms with Crippen LogP contribution >= 0.6 is 0 Å². The van der Waals surface area contributed by atoms with Crippen molar-refractivity contribution >= 4 is 23.7 Å². The number of nitrogens with zero attached hydrogens (tertiary/aromatic N) is 1. The fraction of sp³-hybridized carbons (Fsp3) is 0.679. The molecule has 8 heteroatoms. The van der Waals surface area contributed by atoms with Gasteiger partial charge in [-0.1, -0.05) is 44.2 Å². The number of ketones is 1. The van der Waals surface area contributed by atoms with E-state index >= 15 is 0 Å². The first-order valence-corrected chi connectivity index (χ1v) is 13.1. The van der Waals surface area contributed by atoms with Crippen LogP contribution in [-0.2, 0) is 14.3 Å². The van der Waals surface area contributed by atoms with Crippen molar-refractivity contribution < 1.29 is 28.7 Å². The summed E-state index contributed by atoms with van der Waals surface area (Å²) < 4.78 is 10.5. The van der Waals surface area contributed by atoms with E-state index in [4.69, 9.17) is 14.3 Å². The standard InChI is InChI=1S/C28H44N2O6/c1-27(2,3)34-25(32)30(36-26(33)35-28(4,5)6)19-17-24(31)22-15-10-16-23(20-22)29-18-11-14-21-12-8-7-9-13-21/h10,15-16,20-21,29H,7-9,11-14,17-19H2,1-6H3. The minimum atomic E-state index is -1.04. The number of hydroxylamine groups is 2. The van der Waals surface area contributed by atoms with E-state index in [0.717, 1.165) is 29.6 Å². The number of carbonyl (C=O) groups excluding carboxylic acids is 3. The zero-order valence-electron chi connectivity index (χ0n) is 22.9. The molecule has 1 saturated carbocycles. The lowest BCUT2D eigenvalue weighted by atomic mass is 9.86. The number of benzene rings is 1. The van der Waals surface area contributed by atoms with Crippen molar-refractivity contribution in [2.24, 2.45) is 5.92 Å². The largest absolute Gasteiger partial charge is 0.534 e. The van der Waals surface area contributed by atoms with Gasteiger partial charge in [0.15, 0.2) is 5.78 Å². The number of ether oxygens (including phenoxy) is 2. The molecule has 202 valence electrons. The Bertz CT molecular complexity index is 866. The minimum Gasteiger partial charge on any atom is -0.442 e. The molecule has 2 rings (SSSR count). The Kier molecular flexibility index (Phi) is 11.1. The van der Waals surface area contributed by atoms with Crippen LogP contribution in [-0.4, -0.2) is 47.4 Å². The van der Waals surface area contributed by atoms with Crippen LogP contribution in [0.15, 0.2) is 24.3 Å². The Morgan fingerprint density at radius 3 is 2.28 bits per heavy atom. The summed E-state index contributed by atoms with van der Waals surface area (Å²) in [6.07, 6.45) is 7.18. The predicted octanol–water partition coefficient (Wildman–Crippen LogP) is 7.14. The number of Topliss-reactive ketones (excluding diaryl/α,β-unsaturated/α-hetero) is 1. The first-order chi connectivity index (χ1) is 16.8. The van der Waals surface area contributed by atoms with E-state index in [1.54, 1.807) is 47.6 Å². The van der Waals surface area contributed by atoms with Crippen LogP contribution in [0.1, 0.15) is 103 Å². The molecule has 0 aliphatic heterocycles. The van der Waals surface area contributed by atoms with Gasteiger partial charge in [0.25, 0.3) is 0 Å². The topological polar surface area (TPSA) is 94.2 Å². The zero-order valence-corrected chi connectivity index (χ0v) is 22.9. The third kappa shape index (κ3) is 11.8. The van der Waals surface area contributed by atoms with Gasteiger partial charge in [-0.15, -0.1) is 5.06 Å². The van der Waals surface area contributed by atoms with Crippen molar-refractivity contribution in [1.29, 1.82) is 0 Å². The molecule has 0 atom stereocenters. The van der Waals surface area contributed by atoms with Crippen LogP contribution in [0.4, 0.5) is 15.3 Å². The van der Waals surface area contributed by atoms with Gasteiger partial charge in [-0.25, -0.2) is 9.59 Å². The molecule has 0 spiro atoms. The predicted molar refractivity (Wildman–Crippen MR) is 140 cm³/mol. The molecular formula is C28H44N2O6. The normalized spacial score (nSPS) is 14.6. The molecule has 0 bridgehead atoms. The number of amides is 1. The van der Waals surface area contributed by atoms with Crippen molar-refractivity contribution in [2.75, 3.05) is 18.4 Å². The second-order valence-electron chi connectivity index (χ2n) is 11.5. The molecule has 0 saturated heterocycles. The summed E-state index contributed by atoms with van der Waals surface area (Å²) in [5.41, 5.74) is -0.184. The van der Waals surface area contributed by atoms with Gasteiger partial charge < -0.3 is 19.6 Å². The van der Waals surface area contributed by atoms with Gasteiger partial charge in [0.05, 0.1) is 6.54 Å². The molecule has 36 heavy (non-hydrogen) atoms. The van der Waals surface area contributed by atoms with E-state index in [1.165, 1.54) is 38.5 Å². The van der Waals surface area contributed by atoms with E-state index in [-0.39, 0.29) is 18.7 Å². The Hall–Kier alpha value is -2.77. The molecule has 0 heterocycles. The summed E-state index contributed by atoms with van der Waals surface area (Å²) in [4.78, 5) is 42.7. The fourth-order valence-electron chi connectivity index (χ4n) is 4.09. The van der Waals surface area contributed by atoms with Crippen LogP contribution < -0.4 is 5.32 Å². The van der Waals surface area contributed by atoms with Gasteiger partial charge in [-0.3, -0.25) is 4.79 Å². The van der Waals surface area contributed by atoms with Crippen LogP contribution in [0.5, 0.6) is 0 Å². The molecule has 1 aliphatic rings. The maximum atomic E-state index is 12.9. The van der Waals surface area contributed by atoms with Gasteiger partial charge in [0, 0.05) is 24.2 Å². The molecule has 1 N–H and O–H groups in total. The summed E-state index contributed by atoms with van der Waals surface area (Å²) in [7, 11) is 0. The summed E-state index contributed by atoms with van der Waals surface area (Å²) in [5.74, 6) is 0.673. The van der Waals surface area contributed by atoms with E-state index in [2.05, 4.69) is 5.32 Å². The zero-order chi connectivity index (χ0) is 26.8. The highest BCUT2D eigenvalue weighted by molar-refractivity contribution is 5.97. The molecule has 1 fully saturated rings. The fourth-order valence-corrected chi connectivity index (χ4v) is 4.09. The van der Waals surface area contributed by atoms with Gasteiger partial charge >= 0.3 is 12.2 Å². The molecule has 1 aliphatic carbocycles. The molecular weight excluding hydrogens is 460 g/mol. The Morgan fingerprint density at radius 2 is 1.64 bits per heavy atom. The van der Waals surface area contributed by atoms with Crippen molar-refractivity contribution in [3.05, 3.63) is 29.8 Å². The molecule has 1 aromatic rings. The van der Waals surface area contributed by atoms with Crippen LogP contribution in [0, 0.1) is 5.92 Å². The minimum absolute atomic E-state index is 0.0484. The van der Waals surface area contributed by atoms with E-state index in [9.17, 15) is 14.4 Å². The lowest BCUT2D eigenvalue weighted by Crippen LogP contribution is -2.40. The first-order valence-electron chi connectivity index (χ1n) is 13.1. The lowest BCUT2D eigenvalue weighted by Gasteiger charge is -2.27. The number of hydrogen-bond donors (Lipinski definition) is 1. The Balaban J connectivity index is 1.91. The molecule has 0 radical (unpaired) electrons. The summed E-state index contributed by atoms with van der Waals surface area (Å²) >= 11 is 0. The van der Waals surface area contributed by atoms with Crippen molar-refractivity contribution in [1.82, 2.24) is 5.06 Å². The van der Waals surface area contributed by atoms with Crippen molar-refractivity contribution in [3.63, 3.8) is 0 Å². The average Bonchev–Trinajstić information content (AvgIpc) is 2.78. The molecule has 0 aromatic heterocycles. The molecule has 0 unspecified atom stereocenters. The number of anilines is 1. The number of nitrogens with one attached hydrogen (secondary N) is 1. The second kappa shape index (κ2) is 13.5. The third-order valence-corrected chi connectivity index (χ3v) is 5.74. The Morgan fingerprint density at radius 1 is 0.972 bits per heavy atom. The van der Waals surface area contributed by atoms with Gasteiger partial charge in [-0.05, 0) is 72.4 Å². The van der Waals surface area contributed by atoms with Gasteiger partial charge in [0.1, 0.15) is 11.2 Å². The number of rotatable bonds is 9. The number of hydrogen-bond acceptors (Lipinski definition) is 7. The SMILES string of the molecule is CC(C)(C)OC(=O)ON(CCC(=O)c1cccc(NCCCC2CCCCC2)c1)C(=O)OC(C)(C)C. The van der Waals surface area contributed by atoms with E-state index < -0.39 is 23.5 Å². The monoisotopic (exact) mass is 504 g/mol. The summed E-state index contributed by atoms with van der Waals surface area (Å²) in [5, 5.41) is 4.15. The smallest absolute Gasteiger partial charge is 0.442 e. The van der Waals surface area contributed by atoms with Crippen molar-refractivity contribution in [3.8, 4) is 0 Å². The Labute approximate surface area is 216 Å². The highest BCUT2D eigenvalue weighted by Gasteiger charge is 2.28. The quantitative estimate of drug-likeness (QED) is 0.165. The van der Waals surface area contributed by atoms with Gasteiger partial charge in [0.2, 0.25) is 0 Å². The second-order valence-corrected chi connectivity index (χ2v) is 11.5. The third-order valence-electron chi connectivity index (χ3n) is 5.74. The summed E-state index contributed by atoms with van der Waals surface area (Å²) in [6.45, 7) is 10.9. The van der Waals surface area contributed by atoms with Crippen LogP contribution in [0.2, 0.25) is 0 Å². The van der Waals surface area contributed by atoms with E-state index in [1.807, 2.05) is 18.2 Å². The maximum Gasteiger partial charge on any atom is 0.534 e. The first kappa shape index (κ1) is 29.5. The van der Waals surface area contributed by atoms with Crippen LogP contribution in [0.25, 0.3) is 0 Å². The van der Waals surface area contributed by atoms with Gasteiger partial charge in [-0.2, -0.15) is 0 Å². The average molecular weight is 505 g/mol. The molecule has 1 amide bonds. The lowest BCUT2D eigenvalue weighted by molar-refractivity contribution is -0.135. The highest BCUT2D eigenvalue weighted by atomic mass is 16.8. The maximum absolute atomic E-state index is 12.9. The highest BCUT2D eigenvalue weighted by Crippen LogP contribution is 2.27.